The fourth-order valence-electron chi connectivity index (χ4n) is 6.87. The molecule has 4 aliphatic carbocycles. The highest BCUT2D eigenvalue weighted by Gasteiger charge is 2.63. The number of aliphatic hydroxyl groups is 3. The van der Waals surface area contributed by atoms with Gasteiger partial charge in [0.2, 0.25) is 0 Å². The van der Waals surface area contributed by atoms with Gasteiger partial charge in [-0.3, -0.25) is 0 Å². The molecule has 0 aromatic heterocycles. The minimum Gasteiger partial charge on any atom is -0.393 e. The average Bonchev–Trinajstić information content (AvgIpc) is 2.72. The quantitative estimate of drug-likeness (QED) is 0.601. The van der Waals surface area contributed by atoms with E-state index in [1.807, 2.05) is 6.92 Å². The molecule has 0 spiro atoms. The van der Waals surface area contributed by atoms with Crippen LogP contribution in [0.2, 0.25) is 0 Å². The highest BCUT2D eigenvalue weighted by Crippen LogP contribution is 2.66. The predicted octanol–water partition coefficient (Wildman–Crippen LogP) is 3.03. The predicted molar refractivity (Wildman–Crippen MR) is 89.7 cm³/mol. The van der Waals surface area contributed by atoms with E-state index in [0.717, 1.165) is 44.9 Å². The topological polar surface area (TPSA) is 60.7 Å². The number of rotatable bonds is 0. The van der Waals surface area contributed by atoms with Gasteiger partial charge in [0.05, 0.1) is 17.8 Å². The molecule has 3 heteroatoms. The van der Waals surface area contributed by atoms with Gasteiger partial charge in [-0.2, -0.15) is 0 Å². The molecule has 8 atom stereocenters. The highest BCUT2D eigenvalue weighted by molar-refractivity contribution is 5.28. The van der Waals surface area contributed by atoms with Gasteiger partial charge in [0.25, 0.3) is 0 Å². The Hall–Kier alpha value is -0.380. The van der Waals surface area contributed by atoms with Crippen LogP contribution in [-0.2, 0) is 0 Å². The standard InChI is InChI=1S/C20H32O3/c1-18-7-4-13(21)10-12(18)11-16(22)17-14(18)5-8-19(2)15(17)6-9-20(19,3)23/h11,13-17,21-23H,4-10H2,1-3H3. The second-order valence-electron chi connectivity index (χ2n) is 9.56. The molecule has 4 rings (SSSR count). The van der Waals surface area contributed by atoms with Crippen LogP contribution in [0.3, 0.4) is 0 Å². The van der Waals surface area contributed by atoms with Crippen LogP contribution in [0.5, 0.6) is 0 Å². The molecule has 3 fully saturated rings. The van der Waals surface area contributed by atoms with Crippen LogP contribution in [0.15, 0.2) is 11.6 Å². The van der Waals surface area contributed by atoms with Crippen molar-refractivity contribution in [2.24, 2.45) is 28.6 Å². The van der Waals surface area contributed by atoms with Crippen LogP contribution in [0.25, 0.3) is 0 Å². The van der Waals surface area contributed by atoms with E-state index < -0.39 is 11.7 Å². The second-order valence-corrected chi connectivity index (χ2v) is 9.56. The maximum absolute atomic E-state index is 10.9. The third-order valence-corrected chi connectivity index (χ3v) is 8.67. The fourth-order valence-corrected chi connectivity index (χ4v) is 6.87. The van der Waals surface area contributed by atoms with E-state index in [9.17, 15) is 15.3 Å². The van der Waals surface area contributed by atoms with Crippen molar-refractivity contribution in [3.8, 4) is 0 Å². The van der Waals surface area contributed by atoms with E-state index in [1.54, 1.807) is 0 Å². The maximum Gasteiger partial charge on any atom is 0.0757 e. The molecule has 0 aromatic rings. The molecule has 0 heterocycles. The van der Waals surface area contributed by atoms with Crippen molar-refractivity contribution in [1.29, 1.82) is 0 Å². The van der Waals surface area contributed by atoms with Gasteiger partial charge in [-0.1, -0.05) is 25.5 Å². The number of hydrogen-bond donors (Lipinski definition) is 3. The van der Waals surface area contributed by atoms with Gasteiger partial charge < -0.3 is 15.3 Å². The van der Waals surface area contributed by atoms with E-state index in [-0.39, 0.29) is 22.9 Å². The minimum absolute atomic E-state index is 0.0645. The van der Waals surface area contributed by atoms with E-state index in [0.29, 0.717) is 11.8 Å². The molecule has 0 bridgehead atoms. The Balaban J connectivity index is 1.74. The Morgan fingerprint density at radius 3 is 2.39 bits per heavy atom. The Kier molecular flexibility index (Phi) is 3.38. The monoisotopic (exact) mass is 320 g/mol. The third kappa shape index (κ3) is 1.99. The van der Waals surface area contributed by atoms with Gasteiger partial charge in [-0.05, 0) is 80.5 Å². The van der Waals surface area contributed by atoms with Gasteiger partial charge in [0, 0.05) is 0 Å². The second kappa shape index (κ2) is 4.83. The van der Waals surface area contributed by atoms with Gasteiger partial charge in [0.1, 0.15) is 0 Å². The summed E-state index contributed by atoms with van der Waals surface area (Å²) in [6, 6.07) is 0. The maximum atomic E-state index is 10.9. The van der Waals surface area contributed by atoms with Gasteiger partial charge >= 0.3 is 0 Å². The first-order chi connectivity index (χ1) is 10.7. The largest absolute Gasteiger partial charge is 0.393 e. The van der Waals surface area contributed by atoms with Gasteiger partial charge in [0.15, 0.2) is 0 Å². The molecule has 4 aliphatic rings. The van der Waals surface area contributed by atoms with Crippen molar-refractivity contribution in [3.63, 3.8) is 0 Å². The van der Waals surface area contributed by atoms with Crippen LogP contribution < -0.4 is 0 Å². The zero-order chi connectivity index (χ0) is 16.6. The highest BCUT2D eigenvalue weighted by atomic mass is 16.3. The lowest BCUT2D eigenvalue weighted by atomic mass is 9.46. The smallest absolute Gasteiger partial charge is 0.0757 e. The van der Waals surface area contributed by atoms with Crippen molar-refractivity contribution in [2.75, 3.05) is 0 Å². The van der Waals surface area contributed by atoms with E-state index in [4.69, 9.17) is 0 Å². The average molecular weight is 320 g/mol. The molecule has 3 saturated carbocycles. The first-order valence-electron chi connectivity index (χ1n) is 9.49. The summed E-state index contributed by atoms with van der Waals surface area (Å²) in [5.74, 6) is 1.18. The molecule has 0 radical (unpaired) electrons. The molecule has 0 saturated heterocycles. The Morgan fingerprint density at radius 1 is 0.957 bits per heavy atom. The van der Waals surface area contributed by atoms with Crippen LogP contribution in [0, 0.1) is 28.6 Å². The van der Waals surface area contributed by atoms with Gasteiger partial charge in [-0.25, -0.2) is 0 Å². The van der Waals surface area contributed by atoms with Crippen LogP contribution in [0.4, 0.5) is 0 Å². The lowest BCUT2D eigenvalue weighted by Gasteiger charge is -2.59. The summed E-state index contributed by atoms with van der Waals surface area (Å²) in [4.78, 5) is 0. The van der Waals surface area contributed by atoms with Crippen molar-refractivity contribution in [3.05, 3.63) is 11.6 Å². The zero-order valence-corrected chi connectivity index (χ0v) is 14.8. The summed E-state index contributed by atoms with van der Waals surface area (Å²) in [6.45, 7) is 6.62. The summed E-state index contributed by atoms with van der Waals surface area (Å²) in [6.07, 6.45) is 8.11. The zero-order valence-electron chi connectivity index (χ0n) is 14.8. The normalized spacial score (nSPS) is 58.9. The summed E-state index contributed by atoms with van der Waals surface area (Å²) in [7, 11) is 0. The SMILES string of the molecule is CC12CCC(O)CC1=CC(O)C1C2CCC2(C)C1CCC2(C)O. The van der Waals surface area contributed by atoms with Crippen molar-refractivity contribution in [1.82, 2.24) is 0 Å². The summed E-state index contributed by atoms with van der Waals surface area (Å²) in [5, 5.41) is 31.9. The van der Waals surface area contributed by atoms with Crippen molar-refractivity contribution in [2.45, 2.75) is 83.5 Å². The number of hydrogen-bond acceptors (Lipinski definition) is 3. The molecule has 23 heavy (non-hydrogen) atoms. The molecular weight excluding hydrogens is 288 g/mol. The Bertz CT molecular complexity index is 539. The molecule has 0 aromatic carbocycles. The van der Waals surface area contributed by atoms with Crippen molar-refractivity contribution < 1.29 is 15.3 Å². The number of aliphatic hydroxyl groups excluding tert-OH is 2. The van der Waals surface area contributed by atoms with Gasteiger partial charge in [-0.15, -0.1) is 0 Å². The third-order valence-electron chi connectivity index (χ3n) is 8.67. The molecular formula is C20H32O3. The Labute approximate surface area is 139 Å². The molecule has 0 aliphatic heterocycles. The lowest BCUT2D eigenvalue weighted by Crippen LogP contribution is -2.57. The van der Waals surface area contributed by atoms with E-state index in [1.165, 1.54) is 5.57 Å². The molecule has 0 amide bonds. The van der Waals surface area contributed by atoms with E-state index >= 15 is 0 Å². The molecule has 3 N–H and O–H groups in total. The minimum atomic E-state index is -0.601. The van der Waals surface area contributed by atoms with Crippen molar-refractivity contribution >= 4 is 0 Å². The van der Waals surface area contributed by atoms with Crippen LogP contribution in [0.1, 0.15) is 65.7 Å². The first kappa shape index (κ1) is 16.1. The molecule has 3 nitrogen and oxygen atoms in total. The molecule has 8 unspecified atom stereocenters. The summed E-state index contributed by atoms with van der Waals surface area (Å²) < 4.78 is 0. The van der Waals surface area contributed by atoms with E-state index in [2.05, 4.69) is 19.9 Å². The lowest BCUT2D eigenvalue weighted by molar-refractivity contribution is -0.136. The fraction of sp³-hybridized carbons (Fsp3) is 0.900. The number of fused-ring (bicyclic) bond motifs is 5. The first-order valence-corrected chi connectivity index (χ1v) is 9.49. The summed E-state index contributed by atoms with van der Waals surface area (Å²) in [5.41, 5.74) is 0.762. The van der Waals surface area contributed by atoms with Crippen LogP contribution in [-0.4, -0.2) is 33.1 Å². The Morgan fingerprint density at radius 2 is 1.65 bits per heavy atom. The molecule has 130 valence electrons. The van der Waals surface area contributed by atoms with Crippen LogP contribution >= 0.6 is 0 Å². The summed E-state index contributed by atoms with van der Waals surface area (Å²) >= 11 is 0.